The van der Waals surface area contributed by atoms with E-state index in [1.54, 1.807) is 11.8 Å². The van der Waals surface area contributed by atoms with Crippen LogP contribution in [-0.4, -0.2) is 64.7 Å². The maximum absolute atomic E-state index is 12.5. The summed E-state index contributed by atoms with van der Waals surface area (Å²) in [6.45, 7) is 11.1. The molecular formula is C17H28N4OS. The molecule has 128 valence electrons. The van der Waals surface area contributed by atoms with Crippen LogP contribution < -0.4 is 0 Å². The van der Waals surface area contributed by atoms with Crippen LogP contribution in [0.1, 0.15) is 36.7 Å². The number of aromatic nitrogens is 2. The third-order valence-corrected chi connectivity index (χ3v) is 5.11. The zero-order valence-corrected chi connectivity index (χ0v) is 15.6. The SMILES string of the molecule is CCN1CCCN(C(=O)CCc2c(C)nc(SC)nc2C)CC1. The Balaban J connectivity index is 1.94. The van der Waals surface area contributed by atoms with Gasteiger partial charge in [-0.2, -0.15) is 0 Å². The van der Waals surface area contributed by atoms with E-state index in [2.05, 4.69) is 21.8 Å². The van der Waals surface area contributed by atoms with Crippen molar-refractivity contribution in [2.45, 2.75) is 45.2 Å². The molecule has 1 aliphatic heterocycles. The van der Waals surface area contributed by atoms with Crippen LogP contribution in [0.5, 0.6) is 0 Å². The third-order valence-electron chi connectivity index (χ3n) is 4.56. The van der Waals surface area contributed by atoms with Crippen molar-refractivity contribution in [3.8, 4) is 0 Å². The Kier molecular flexibility index (Phi) is 6.84. The average molecular weight is 337 g/mol. The van der Waals surface area contributed by atoms with Crippen molar-refractivity contribution < 1.29 is 4.79 Å². The minimum Gasteiger partial charge on any atom is -0.341 e. The Labute approximate surface area is 143 Å². The molecule has 1 aromatic rings. The van der Waals surface area contributed by atoms with Gasteiger partial charge in [-0.05, 0) is 51.6 Å². The van der Waals surface area contributed by atoms with E-state index in [0.717, 1.165) is 67.7 Å². The summed E-state index contributed by atoms with van der Waals surface area (Å²) in [5, 5.41) is 0.808. The molecule has 0 aliphatic carbocycles. The quantitative estimate of drug-likeness (QED) is 0.610. The highest BCUT2D eigenvalue weighted by atomic mass is 32.2. The Morgan fingerprint density at radius 3 is 2.43 bits per heavy atom. The molecule has 1 fully saturated rings. The highest BCUT2D eigenvalue weighted by Gasteiger charge is 2.19. The van der Waals surface area contributed by atoms with E-state index in [9.17, 15) is 4.79 Å². The van der Waals surface area contributed by atoms with E-state index in [-0.39, 0.29) is 5.91 Å². The van der Waals surface area contributed by atoms with E-state index in [1.165, 1.54) is 0 Å². The Bertz CT molecular complexity index is 526. The van der Waals surface area contributed by atoms with Gasteiger partial charge in [-0.3, -0.25) is 4.79 Å². The molecule has 0 N–H and O–H groups in total. The standard InChI is InChI=1S/C17H28N4OS/c1-5-20-9-6-10-21(12-11-20)16(22)8-7-15-13(2)18-17(23-4)19-14(15)3/h5-12H2,1-4H3. The first-order valence-electron chi connectivity index (χ1n) is 8.43. The molecule has 1 amide bonds. The Morgan fingerprint density at radius 2 is 1.83 bits per heavy atom. The Morgan fingerprint density at radius 1 is 1.13 bits per heavy atom. The molecular weight excluding hydrogens is 308 g/mol. The van der Waals surface area contributed by atoms with Gasteiger partial charge in [0.15, 0.2) is 5.16 Å². The predicted molar refractivity (Wildman–Crippen MR) is 94.9 cm³/mol. The van der Waals surface area contributed by atoms with E-state index in [4.69, 9.17) is 0 Å². The first-order valence-corrected chi connectivity index (χ1v) is 9.65. The van der Waals surface area contributed by atoms with Crippen LogP contribution in [0.25, 0.3) is 0 Å². The molecule has 0 spiro atoms. The van der Waals surface area contributed by atoms with Crippen LogP contribution in [0, 0.1) is 13.8 Å². The van der Waals surface area contributed by atoms with Crippen molar-refractivity contribution in [1.29, 1.82) is 0 Å². The predicted octanol–water partition coefficient (Wildman–Crippen LogP) is 2.30. The summed E-state index contributed by atoms with van der Waals surface area (Å²) in [5.41, 5.74) is 3.13. The molecule has 5 nitrogen and oxygen atoms in total. The number of hydrogen-bond donors (Lipinski definition) is 0. The molecule has 0 atom stereocenters. The lowest BCUT2D eigenvalue weighted by atomic mass is 10.1. The normalized spacial score (nSPS) is 16.4. The fraction of sp³-hybridized carbons (Fsp3) is 0.706. The smallest absolute Gasteiger partial charge is 0.222 e. The molecule has 0 bridgehead atoms. The molecule has 0 aromatic carbocycles. The van der Waals surface area contributed by atoms with Crippen molar-refractivity contribution in [3.05, 3.63) is 17.0 Å². The van der Waals surface area contributed by atoms with Gasteiger partial charge in [0.2, 0.25) is 5.91 Å². The summed E-state index contributed by atoms with van der Waals surface area (Å²) >= 11 is 1.56. The summed E-state index contributed by atoms with van der Waals surface area (Å²) in [7, 11) is 0. The van der Waals surface area contributed by atoms with E-state index in [1.807, 2.05) is 25.0 Å². The first-order chi connectivity index (χ1) is 11.0. The van der Waals surface area contributed by atoms with Crippen molar-refractivity contribution in [2.24, 2.45) is 0 Å². The fourth-order valence-electron chi connectivity index (χ4n) is 3.09. The van der Waals surface area contributed by atoms with E-state index >= 15 is 0 Å². The summed E-state index contributed by atoms with van der Waals surface area (Å²) in [4.78, 5) is 26.0. The fourth-order valence-corrected chi connectivity index (χ4v) is 3.54. The molecule has 1 aromatic heterocycles. The molecule has 0 radical (unpaired) electrons. The first kappa shape index (κ1) is 18.2. The Hall–Kier alpha value is -1.14. The van der Waals surface area contributed by atoms with Crippen LogP contribution in [0.4, 0.5) is 0 Å². The number of likely N-dealkylation sites (N-methyl/N-ethyl adjacent to an activating group) is 1. The maximum Gasteiger partial charge on any atom is 0.222 e. The molecule has 23 heavy (non-hydrogen) atoms. The highest BCUT2D eigenvalue weighted by Crippen LogP contribution is 2.17. The van der Waals surface area contributed by atoms with Gasteiger partial charge in [0.05, 0.1) is 0 Å². The lowest BCUT2D eigenvalue weighted by Crippen LogP contribution is -2.35. The number of thioether (sulfide) groups is 1. The van der Waals surface area contributed by atoms with Crippen LogP contribution in [-0.2, 0) is 11.2 Å². The number of amides is 1. The largest absolute Gasteiger partial charge is 0.341 e. The second-order valence-electron chi connectivity index (χ2n) is 6.03. The summed E-state index contributed by atoms with van der Waals surface area (Å²) < 4.78 is 0. The average Bonchev–Trinajstić information content (AvgIpc) is 2.79. The number of carbonyl (C=O) groups excluding carboxylic acids is 1. The van der Waals surface area contributed by atoms with Gasteiger partial charge < -0.3 is 9.80 Å². The van der Waals surface area contributed by atoms with Crippen LogP contribution in [0.15, 0.2) is 5.16 Å². The lowest BCUT2D eigenvalue weighted by Gasteiger charge is -2.21. The summed E-state index contributed by atoms with van der Waals surface area (Å²) in [5.74, 6) is 0.260. The van der Waals surface area contributed by atoms with E-state index in [0.29, 0.717) is 6.42 Å². The molecule has 0 unspecified atom stereocenters. The number of aryl methyl sites for hydroxylation is 2. The number of nitrogens with zero attached hydrogens (tertiary/aromatic N) is 4. The second-order valence-corrected chi connectivity index (χ2v) is 6.80. The monoisotopic (exact) mass is 336 g/mol. The topological polar surface area (TPSA) is 49.3 Å². The molecule has 2 heterocycles. The molecule has 2 rings (SSSR count). The number of rotatable bonds is 5. The number of hydrogen-bond acceptors (Lipinski definition) is 5. The number of carbonyl (C=O) groups is 1. The minimum absolute atomic E-state index is 0.260. The molecule has 6 heteroatoms. The molecule has 1 saturated heterocycles. The molecule has 0 saturated carbocycles. The van der Waals surface area contributed by atoms with Crippen LogP contribution >= 0.6 is 11.8 Å². The van der Waals surface area contributed by atoms with Crippen molar-refractivity contribution >= 4 is 17.7 Å². The van der Waals surface area contributed by atoms with Gasteiger partial charge in [0, 0.05) is 37.4 Å². The lowest BCUT2D eigenvalue weighted by molar-refractivity contribution is -0.131. The third kappa shape index (κ3) is 4.91. The van der Waals surface area contributed by atoms with Gasteiger partial charge >= 0.3 is 0 Å². The summed E-state index contributed by atoms with van der Waals surface area (Å²) in [6.07, 6.45) is 4.34. The van der Waals surface area contributed by atoms with Gasteiger partial charge in [-0.1, -0.05) is 18.7 Å². The molecule has 1 aliphatic rings. The van der Waals surface area contributed by atoms with Crippen molar-refractivity contribution in [3.63, 3.8) is 0 Å². The van der Waals surface area contributed by atoms with Crippen molar-refractivity contribution in [2.75, 3.05) is 39.0 Å². The van der Waals surface area contributed by atoms with Crippen LogP contribution in [0.3, 0.4) is 0 Å². The van der Waals surface area contributed by atoms with E-state index < -0.39 is 0 Å². The highest BCUT2D eigenvalue weighted by molar-refractivity contribution is 7.98. The van der Waals surface area contributed by atoms with Gasteiger partial charge in [-0.25, -0.2) is 9.97 Å². The van der Waals surface area contributed by atoms with Gasteiger partial charge in [0.25, 0.3) is 0 Å². The zero-order chi connectivity index (χ0) is 16.8. The van der Waals surface area contributed by atoms with Crippen LogP contribution in [0.2, 0.25) is 0 Å². The second kappa shape index (κ2) is 8.64. The van der Waals surface area contributed by atoms with Crippen molar-refractivity contribution in [1.82, 2.24) is 19.8 Å². The van der Waals surface area contributed by atoms with Gasteiger partial charge in [-0.15, -0.1) is 0 Å². The zero-order valence-electron chi connectivity index (χ0n) is 14.8. The van der Waals surface area contributed by atoms with Gasteiger partial charge in [0.1, 0.15) is 0 Å². The minimum atomic E-state index is 0.260. The maximum atomic E-state index is 12.5. The summed E-state index contributed by atoms with van der Waals surface area (Å²) in [6, 6.07) is 0.